The molecule has 3 rings (SSSR count). The molecule has 1 aromatic heterocycles. The maximum Gasteiger partial charge on any atom is 0.490 e. The van der Waals surface area contributed by atoms with Gasteiger partial charge in [-0.2, -0.15) is 24.5 Å². The van der Waals surface area contributed by atoms with Gasteiger partial charge >= 0.3 is 12.1 Å². The SMILES string of the molecule is CS(=O)(=O)N1CC2(CCN(Cc3ccsc3)C2)C1.O=C(O)C(F)(F)F. The molecular weight excluding hydrogens is 381 g/mol. The van der Waals surface area contributed by atoms with Crippen LogP contribution >= 0.6 is 11.3 Å². The fourth-order valence-electron chi connectivity index (χ4n) is 3.00. The van der Waals surface area contributed by atoms with Crippen LogP contribution in [-0.4, -0.2) is 67.3 Å². The van der Waals surface area contributed by atoms with E-state index in [2.05, 4.69) is 21.7 Å². The van der Waals surface area contributed by atoms with E-state index < -0.39 is 22.2 Å². The van der Waals surface area contributed by atoms with Crippen LogP contribution in [0.25, 0.3) is 0 Å². The molecule has 2 aliphatic rings. The van der Waals surface area contributed by atoms with E-state index in [1.165, 1.54) is 11.8 Å². The van der Waals surface area contributed by atoms with Crippen molar-refractivity contribution in [2.45, 2.75) is 19.1 Å². The van der Waals surface area contributed by atoms with Crippen molar-refractivity contribution < 1.29 is 31.5 Å². The lowest BCUT2D eigenvalue weighted by atomic mass is 9.81. The summed E-state index contributed by atoms with van der Waals surface area (Å²) in [5.41, 5.74) is 1.61. The smallest absolute Gasteiger partial charge is 0.475 e. The highest BCUT2D eigenvalue weighted by Crippen LogP contribution is 2.41. The van der Waals surface area contributed by atoms with Crippen LogP contribution in [0.2, 0.25) is 0 Å². The highest BCUT2D eigenvalue weighted by Gasteiger charge is 2.50. The second-order valence-electron chi connectivity index (χ2n) is 6.43. The molecule has 142 valence electrons. The number of carboxylic acids is 1. The number of alkyl halides is 3. The monoisotopic (exact) mass is 400 g/mol. The fraction of sp³-hybridized carbons (Fsp3) is 0.643. The highest BCUT2D eigenvalue weighted by molar-refractivity contribution is 7.88. The number of aliphatic carboxylic acids is 1. The van der Waals surface area contributed by atoms with Crippen LogP contribution < -0.4 is 0 Å². The van der Waals surface area contributed by atoms with Gasteiger partial charge in [0.15, 0.2) is 0 Å². The van der Waals surface area contributed by atoms with Crippen molar-refractivity contribution >= 4 is 27.3 Å². The van der Waals surface area contributed by atoms with Gasteiger partial charge in [0.2, 0.25) is 10.0 Å². The van der Waals surface area contributed by atoms with E-state index in [0.717, 1.165) is 26.1 Å². The van der Waals surface area contributed by atoms with Gasteiger partial charge in [-0.05, 0) is 35.4 Å². The van der Waals surface area contributed by atoms with Crippen molar-refractivity contribution in [1.29, 1.82) is 0 Å². The first-order valence-corrected chi connectivity index (χ1v) is 10.2. The molecule has 2 aliphatic heterocycles. The number of carbonyl (C=O) groups is 1. The van der Waals surface area contributed by atoms with Crippen LogP contribution in [0.1, 0.15) is 12.0 Å². The van der Waals surface area contributed by atoms with Crippen LogP contribution in [0.15, 0.2) is 16.8 Å². The Kier molecular flexibility index (Phi) is 5.81. The second kappa shape index (κ2) is 7.22. The third-order valence-electron chi connectivity index (χ3n) is 4.24. The molecule has 2 fully saturated rings. The number of hydrogen-bond acceptors (Lipinski definition) is 5. The summed E-state index contributed by atoms with van der Waals surface area (Å²) in [6.45, 7) is 4.56. The lowest BCUT2D eigenvalue weighted by Gasteiger charge is -2.46. The van der Waals surface area contributed by atoms with E-state index in [9.17, 15) is 21.6 Å². The fourth-order valence-corrected chi connectivity index (χ4v) is 4.67. The standard InChI is InChI=1S/C12H18N2O2S2.C2HF3O2/c1-18(15,16)14-9-12(10-14)3-4-13(8-12)6-11-2-5-17-7-11;3-2(4,5)1(6)7/h2,5,7H,3-4,6,8-10H2,1H3;(H,6,7). The molecule has 0 amide bonds. The van der Waals surface area contributed by atoms with Crippen molar-refractivity contribution in [2.24, 2.45) is 5.41 Å². The molecule has 1 spiro atoms. The summed E-state index contributed by atoms with van der Waals surface area (Å²) in [5.74, 6) is -2.76. The summed E-state index contributed by atoms with van der Waals surface area (Å²) in [6, 6.07) is 2.17. The molecule has 25 heavy (non-hydrogen) atoms. The maximum atomic E-state index is 11.4. The molecule has 6 nitrogen and oxygen atoms in total. The molecule has 2 saturated heterocycles. The third kappa shape index (κ3) is 5.40. The number of sulfonamides is 1. The van der Waals surface area contributed by atoms with Gasteiger partial charge in [0.05, 0.1) is 6.26 Å². The number of hydrogen-bond donors (Lipinski definition) is 1. The van der Waals surface area contributed by atoms with E-state index in [-0.39, 0.29) is 5.41 Å². The van der Waals surface area contributed by atoms with Gasteiger partial charge in [0.25, 0.3) is 0 Å². The lowest BCUT2D eigenvalue weighted by Crippen LogP contribution is -2.59. The molecule has 0 unspecified atom stereocenters. The lowest BCUT2D eigenvalue weighted by molar-refractivity contribution is -0.192. The number of thiophene rings is 1. The molecule has 0 saturated carbocycles. The Morgan fingerprint density at radius 3 is 2.40 bits per heavy atom. The summed E-state index contributed by atoms with van der Waals surface area (Å²) >= 11 is 1.73. The van der Waals surface area contributed by atoms with Crippen LogP contribution in [0.4, 0.5) is 13.2 Å². The molecular formula is C14H19F3N2O4S2. The average molecular weight is 400 g/mol. The molecule has 0 bridgehead atoms. The highest BCUT2D eigenvalue weighted by atomic mass is 32.2. The molecule has 11 heteroatoms. The first kappa shape index (κ1) is 20.1. The largest absolute Gasteiger partial charge is 0.490 e. The molecule has 0 aliphatic carbocycles. The third-order valence-corrected chi connectivity index (χ3v) is 6.17. The van der Waals surface area contributed by atoms with E-state index in [1.807, 2.05) is 0 Å². The van der Waals surface area contributed by atoms with E-state index in [4.69, 9.17) is 9.90 Å². The zero-order chi connectivity index (χ0) is 18.9. The Morgan fingerprint density at radius 2 is 1.96 bits per heavy atom. The predicted molar refractivity (Wildman–Crippen MR) is 86.8 cm³/mol. The predicted octanol–water partition coefficient (Wildman–Crippen LogP) is 1.85. The number of likely N-dealkylation sites (tertiary alicyclic amines) is 1. The molecule has 3 heterocycles. The number of carboxylic acid groups (broad SMARTS) is 1. The van der Waals surface area contributed by atoms with Gasteiger partial charge in [-0.15, -0.1) is 0 Å². The van der Waals surface area contributed by atoms with Gasteiger partial charge in [0.1, 0.15) is 0 Å². The minimum Gasteiger partial charge on any atom is -0.475 e. The Hall–Kier alpha value is -1.17. The normalized spacial score (nSPS) is 20.8. The quantitative estimate of drug-likeness (QED) is 0.838. The number of halogens is 3. The second-order valence-corrected chi connectivity index (χ2v) is 9.19. The van der Waals surface area contributed by atoms with Gasteiger partial charge in [-0.25, -0.2) is 17.5 Å². The molecule has 0 atom stereocenters. The van der Waals surface area contributed by atoms with Crippen molar-refractivity contribution in [2.75, 3.05) is 32.4 Å². The zero-order valence-corrected chi connectivity index (χ0v) is 15.1. The number of nitrogens with zero attached hydrogens (tertiary/aromatic N) is 2. The summed E-state index contributed by atoms with van der Waals surface area (Å²) in [4.78, 5) is 11.3. The van der Waals surface area contributed by atoms with Gasteiger partial charge in [0, 0.05) is 31.6 Å². The Morgan fingerprint density at radius 1 is 1.36 bits per heavy atom. The molecule has 0 aromatic carbocycles. The molecule has 1 N–H and O–H groups in total. The Balaban J connectivity index is 0.000000277. The Bertz CT molecular complexity index is 698. The minimum absolute atomic E-state index is 0.235. The zero-order valence-electron chi connectivity index (χ0n) is 13.5. The van der Waals surface area contributed by atoms with Crippen molar-refractivity contribution in [1.82, 2.24) is 9.21 Å². The summed E-state index contributed by atoms with van der Waals surface area (Å²) in [5, 5.41) is 11.4. The molecule has 1 aromatic rings. The van der Waals surface area contributed by atoms with Crippen LogP contribution in [-0.2, 0) is 21.4 Å². The summed E-state index contributed by atoms with van der Waals surface area (Å²) < 4.78 is 56.1. The molecule has 0 radical (unpaired) electrons. The van der Waals surface area contributed by atoms with E-state index >= 15 is 0 Å². The number of rotatable bonds is 3. The summed E-state index contributed by atoms with van der Waals surface area (Å²) in [7, 11) is -2.98. The van der Waals surface area contributed by atoms with E-state index in [1.54, 1.807) is 15.6 Å². The van der Waals surface area contributed by atoms with Crippen LogP contribution in [0.5, 0.6) is 0 Å². The van der Waals surface area contributed by atoms with Crippen LogP contribution in [0.3, 0.4) is 0 Å². The average Bonchev–Trinajstić information content (AvgIpc) is 3.05. The van der Waals surface area contributed by atoms with Gasteiger partial charge in [-0.1, -0.05) is 0 Å². The van der Waals surface area contributed by atoms with Crippen LogP contribution in [0, 0.1) is 5.41 Å². The minimum atomic E-state index is -5.08. The topological polar surface area (TPSA) is 77.9 Å². The van der Waals surface area contributed by atoms with Gasteiger partial charge in [-0.3, -0.25) is 4.90 Å². The maximum absolute atomic E-state index is 11.4. The van der Waals surface area contributed by atoms with E-state index in [0.29, 0.717) is 13.1 Å². The first-order chi connectivity index (χ1) is 11.4. The summed E-state index contributed by atoms with van der Waals surface area (Å²) in [6.07, 6.45) is -2.65. The van der Waals surface area contributed by atoms with Crippen molar-refractivity contribution in [3.63, 3.8) is 0 Å². The Labute approximate surface area is 147 Å². The van der Waals surface area contributed by atoms with Gasteiger partial charge < -0.3 is 5.11 Å². The van der Waals surface area contributed by atoms with Crippen molar-refractivity contribution in [3.8, 4) is 0 Å². The first-order valence-electron chi connectivity index (χ1n) is 7.40. The van der Waals surface area contributed by atoms with Crippen molar-refractivity contribution in [3.05, 3.63) is 22.4 Å².